The highest BCUT2D eigenvalue weighted by Crippen LogP contribution is 2.22. The van der Waals surface area contributed by atoms with E-state index in [2.05, 4.69) is 68.1 Å². The molecule has 4 aliphatic heterocycles. The molecule has 386 valence electrons. The first-order valence-electron chi connectivity index (χ1n) is 22.6. The molecule has 1 fully saturated rings. The van der Waals surface area contributed by atoms with E-state index < -0.39 is 61.2 Å². The Hall–Kier alpha value is -8.88. The first-order chi connectivity index (χ1) is 34.5. The van der Waals surface area contributed by atoms with Crippen LogP contribution in [0.5, 0.6) is 17.2 Å². The molecule has 4 amide bonds. The van der Waals surface area contributed by atoms with E-state index in [-0.39, 0.29) is 65.5 Å². The fourth-order valence-electron chi connectivity index (χ4n) is 6.75. The van der Waals surface area contributed by atoms with Crippen LogP contribution in [-0.2, 0) is 23.9 Å². The fraction of sp³-hybridized carbons (Fsp3) is 0.378. The molecule has 3 aromatic carbocycles. The molecule has 0 saturated carbocycles. The van der Waals surface area contributed by atoms with Crippen LogP contribution in [0.25, 0.3) is 0 Å². The average Bonchev–Trinajstić information content (AvgIpc) is 3.76. The molecular formula is C45H57N13O14. The van der Waals surface area contributed by atoms with E-state index in [0.717, 1.165) is 45.4 Å². The van der Waals surface area contributed by atoms with Crippen molar-refractivity contribution in [2.24, 2.45) is 15.0 Å². The summed E-state index contributed by atoms with van der Waals surface area (Å²) in [5.41, 5.74) is 1.79. The van der Waals surface area contributed by atoms with E-state index in [1.807, 2.05) is 0 Å². The predicted octanol–water partition coefficient (Wildman–Crippen LogP) is -0.998. The number of nitrogens with one attached hydrogen (secondary N) is 10. The summed E-state index contributed by atoms with van der Waals surface area (Å²) in [4.78, 5) is 93.4. The van der Waals surface area contributed by atoms with Gasteiger partial charge < -0.3 is 88.5 Å². The van der Waals surface area contributed by atoms with Gasteiger partial charge in [0.2, 0.25) is 11.8 Å². The molecule has 3 aromatic rings. The number of cyclic esters (lactones) is 1. The summed E-state index contributed by atoms with van der Waals surface area (Å²) >= 11 is 0. The lowest BCUT2D eigenvalue weighted by atomic mass is 10.1. The van der Waals surface area contributed by atoms with Gasteiger partial charge in [-0.1, -0.05) is 0 Å². The highest BCUT2D eigenvalue weighted by atomic mass is 16.5. The average molecular weight is 1000 g/mol. The molecule has 1 unspecified atom stereocenters. The number of aliphatic imine (C=N–C) groups is 3. The zero-order valence-corrected chi connectivity index (χ0v) is 38.7. The molecule has 2 atom stereocenters. The summed E-state index contributed by atoms with van der Waals surface area (Å²) in [6, 6.07) is 11.3. The van der Waals surface area contributed by atoms with Gasteiger partial charge in [0.15, 0.2) is 17.9 Å². The summed E-state index contributed by atoms with van der Waals surface area (Å²) < 4.78 is 4.76. The maximum atomic E-state index is 12.3. The number of guanidine groups is 3. The van der Waals surface area contributed by atoms with Crippen LogP contribution in [0.3, 0.4) is 0 Å². The first kappa shape index (κ1) is 54.1. The number of carbonyl (C=O) groups excluding carboxylic acids is 5. The van der Waals surface area contributed by atoms with Gasteiger partial charge in [0.05, 0.1) is 50.2 Å². The number of aliphatic carboxylic acids is 1. The highest BCUT2D eigenvalue weighted by Gasteiger charge is 2.25. The van der Waals surface area contributed by atoms with Crippen LogP contribution in [0.15, 0.2) is 69.6 Å². The van der Waals surface area contributed by atoms with Crippen molar-refractivity contribution in [3.05, 3.63) is 71.3 Å². The number of aliphatic hydroxyl groups excluding tert-OH is 1. The number of ether oxygens (including phenoxy) is 1. The molecule has 1 saturated heterocycles. The molecule has 7 rings (SSSR count). The number of phenols is 3. The van der Waals surface area contributed by atoms with Crippen LogP contribution >= 0.6 is 0 Å². The van der Waals surface area contributed by atoms with Gasteiger partial charge in [-0.2, -0.15) is 0 Å². The lowest BCUT2D eigenvalue weighted by Crippen LogP contribution is -2.44. The lowest BCUT2D eigenvalue weighted by Gasteiger charge is -2.17. The molecule has 0 radical (unpaired) electrons. The van der Waals surface area contributed by atoms with Crippen LogP contribution in [0, 0.1) is 0 Å². The Morgan fingerprint density at radius 1 is 0.625 bits per heavy atom. The van der Waals surface area contributed by atoms with Gasteiger partial charge >= 0.3 is 17.9 Å². The number of aliphatic hydroxyl groups is 1. The number of nitrogens with zero attached hydrogens (tertiary/aromatic N) is 3. The highest BCUT2D eigenvalue weighted by molar-refractivity contribution is 6.01. The number of carbonyl (C=O) groups is 7. The van der Waals surface area contributed by atoms with Gasteiger partial charge in [0.25, 0.3) is 11.8 Å². The molecule has 0 spiro atoms. The Balaban J connectivity index is 0.000000207. The van der Waals surface area contributed by atoms with Crippen molar-refractivity contribution in [2.45, 2.75) is 44.2 Å². The number of carboxylic acid groups (broad SMARTS) is 2. The summed E-state index contributed by atoms with van der Waals surface area (Å²) in [6.45, 7) is 3.44. The standard InChI is InChI=1S/C17H23N5O6.C17H21N5O5.C11H13N3O3/c23-9-12(7-15(26)27)21-14(25)8-20-16(28)10-4-11(6-13(24)5-10)22-17-18-2-1-3-19-17;23-13-5-10(4-11(6-13)22-17-18-2-1-3-19-17)16(26)20-8-14(24)21-12-7-15(25)27-9-12;15-9-5-7(10(16)17)4-8(6-9)14-11-12-2-1-3-13-11/h4-6,12,23-24H,1-3,7-9H2,(H,20,28)(H,21,25)(H,26,27)(H2,18,19,22);4-6,12,23H,1-3,7-9H2,(H,20,26)(H,21,24)(H2,18,19,22);4-6,15H,1-3H2,(H,16,17)(H2,12,13,14)/t;12-;/m.0./s1. The van der Waals surface area contributed by atoms with Crippen LogP contribution < -0.4 is 53.2 Å². The number of hydrogen-bond donors (Lipinski definition) is 16. The number of esters is 1. The minimum Gasteiger partial charge on any atom is -0.508 e. The Labute approximate surface area is 411 Å². The third-order valence-electron chi connectivity index (χ3n) is 10.1. The maximum Gasteiger partial charge on any atom is 0.335 e. The Morgan fingerprint density at radius 2 is 1.06 bits per heavy atom. The molecule has 4 heterocycles. The predicted molar refractivity (Wildman–Crippen MR) is 260 cm³/mol. The Morgan fingerprint density at radius 3 is 1.43 bits per heavy atom. The van der Waals surface area contributed by atoms with Crippen molar-refractivity contribution in [1.29, 1.82) is 0 Å². The lowest BCUT2D eigenvalue weighted by molar-refractivity contribution is -0.139. The smallest absolute Gasteiger partial charge is 0.335 e. The quantitative estimate of drug-likeness (QED) is 0.0812. The summed E-state index contributed by atoms with van der Waals surface area (Å²) in [6.07, 6.45) is 2.53. The third kappa shape index (κ3) is 18.9. The molecule has 0 aliphatic carbocycles. The zero-order valence-electron chi connectivity index (χ0n) is 38.7. The minimum absolute atomic E-state index is 0.0314. The number of hydrogen-bond acceptors (Lipinski definition) is 21. The second-order valence-electron chi connectivity index (χ2n) is 16.1. The molecule has 0 aromatic heterocycles. The van der Waals surface area contributed by atoms with Crippen LogP contribution in [0.1, 0.15) is 63.2 Å². The first-order valence-corrected chi connectivity index (χ1v) is 22.6. The van der Waals surface area contributed by atoms with Gasteiger partial charge in [0.1, 0.15) is 23.9 Å². The number of rotatable bonds is 15. The largest absolute Gasteiger partial charge is 0.508 e. The molecule has 27 heteroatoms. The number of carboxylic acids is 2. The van der Waals surface area contributed by atoms with Gasteiger partial charge in [-0.15, -0.1) is 0 Å². The number of benzene rings is 3. The second kappa shape index (κ2) is 27.3. The number of aromatic hydroxyl groups is 3. The summed E-state index contributed by atoms with van der Waals surface area (Å²) in [5.74, 6) is -3.41. The van der Waals surface area contributed by atoms with Crippen molar-refractivity contribution in [3.63, 3.8) is 0 Å². The van der Waals surface area contributed by atoms with Crippen molar-refractivity contribution < 1.29 is 68.9 Å². The molecule has 0 bridgehead atoms. The molecule has 27 nitrogen and oxygen atoms in total. The van der Waals surface area contributed by atoms with Crippen molar-refractivity contribution in [2.75, 3.05) is 81.5 Å². The normalized spacial score (nSPS) is 16.0. The molecule has 16 N–H and O–H groups in total. The second-order valence-corrected chi connectivity index (χ2v) is 16.1. The number of phenolic OH excluding ortho intramolecular Hbond substituents is 3. The van der Waals surface area contributed by atoms with E-state index in [0.29, 0.717) is 48.0 Å². The van der Waals surface area contributed by atoms with Crippen molar-refractivity contribution >= 4 is 76.5 Å². The van der Waals surface area contributed by atoms with Gasteiger partial charge in [0, 0.05) is 85.7 Å². The van der Waals surface area contributed by atoms with Gasteiger partial charge in [-0.25, -0.2) is 4.79 Å². The fourth-order valence-corrected chi connectivity index (χ4v) is 6.75. The van der Waals surface area contributed by atoms with Crippen LogP contribution in [0.4, 0.5) is 17.1 Å². The third-order valence-corrected chi connectivity index (χ3v) is 10.1. The molecular weight excluding hydrogens is 947 g/mol. The van der Waals surface area contributed by atoms with E-state index in [1.54, 1.807) is 6.07 Å². The SMILES string of the molecule is O=C(CNC(=O)c1cc(O)cc(NC2=NCCCN2)c1)N[C@@H]1COC(=O)C1.O=C(O)CC(CO)NC(=O)CNC(=O)c1cc(O)cc(NC2=NCCCN2)c1.O=C(O)c1cc(O)cc(NC2=NCCCN2)c1. The number of aromatic carboxylic acids is 1. The van der Waals surface area contributed by atoms with Crippen molar-refractivity contribution in [3.8, 4) is 17.2 Å². The summed E-state index contributed by atoms with van der Waals surface area (Å²) in [5, 5.41) is 83.6. The Kier molecular flexibility index (Phi) is 20.5. The van der Waals surface area contributed by atoms with E-state index in [9.17, 15) is 48.9 Å². The Bertz CT molecular complexity index is 2560. The van der Waals surface area contributed by atoms with Crippen molar-refractivity contribution in [1.82, 2.24) is 37.2 Å². The number of amides is 4. The maximum absolute atomic E-state index is 12.3. The molecule has 4 aliphatic rings. The van der Waals surface area contributed by atoms with E-state index in [4.69, 9.17) is 20.1 Å². The van der Waals surface area contributed by atoms with Crippen LogP contribution in [0.2, 0.25) is 0 Å². The summed E-state index contributed by atoms with van der Waals surface area (Å²) in [7, 11) is 0. The van der Waals surface area contributed by atoms with E-state index in [1.165, 1.54) is 48.5 Å². The van der Waals surface area contributed by atoms with Gasteiger partial charge in [-0.3, -0.25) is 43.7 Å². The van der Waals surface area contributed by atoms with Crippen LogP contribution in [-0.4, -0.2) is 168 Å². The van der Waals surface area contributed by atoms with E-state index >= 15 is 0 Å². The topological polar surface area (TPSA) is 407 Å². The number of anilines is 3. The van der Waals surface area contributed by atoms with Gasteiger partial charge in [-0.05, 0) is 55.7 Å². The minimum atomic E-state index is -1.17. The molecule has 72 heavy (non-hydrogen) atoms. The monoisotopic (exact) mass is 1000 g/mol. The zero-order chi connectivity index (χ0) is 52.0.